The Morgan fingerprint density at radius 1 is 1.37 bits per heavy atom. The van der Waals surface area contributed by atoms with Gasteiger partial charge in [0.05, 0.1) is 13.2 Å². The van der Waals surface area contributed by atoms with E-state index in [0.29, 0.717) is 18.7 Å². The molecule has 0 bridgehead atoms. The van der Waals surface area contributed by atoms with Crippen LogP contribution < -0.4 is 10.1 Å². The summed E-state index contributed by atoms with van der Waals surface area (Å²) in [6, 6.07) is 5.77. The Labute approximate surface area is 115 Å². The van der Waals surface area contributed by atoms with E-state index in [9.17, 15) is 5.11 Å². The zero-order valence-corrected chi connectivity index (χ0v) is 12.0. The third-order valence-corrected chi connectivity index (χ3v) is 3.27. The predicted molar refractivity (Wildman–Crippen MR) is 76.5 cm³/mol. The Kier molecular flexibility index (Phi) is 6.84. The summed E-state index contributed by atoms with van der Waals surface area (Å²) in [5.41, 5.74) is 1.91. The van der Waals surface area contributed by atoms with Crippen LogP contribution in [0.2, 0.25) is 0 Å². The third-order valence-electron chi connectivity index (χ3n) is 3.27. The number of benzene rings is 1. The molecule has 0 aliphatic rings. The van der Waals surface area contributed by atoms with Gasteiger partial charge >= 0.3 is 0 Å². The van der Waals surface area contributed by atoms with Crippen molar-refractivity contribution >= 4 is 0 Å². The Balaban J connectivity index is 2.83. The van der Waals surface area contributed by atoms with E-state index >= 15 is 0 Å². The van der Waals surface area contributed by atoms with Crippen molar-refractivity contribution in [1.29, 1.82) is 0 Å². The molecule has 0 aliphatic carbocycles. The second-order valence-electron chi connectivity index (χ2n) is 4.74. The first-order valence-corrected chi connectivity index (χ1v) is 6.80. The topological polar surface area (TPSA) is 61.7 Å². The van der Waals surface area contributed by atoms with Crippen LogP contribution in [0.25, 0.3) is 0 Å². The lowest BCUT2D eigenvalue weighted by atomic mass is 9.97. The molecule has 108 valence electrons. The van der Waals surface area contributed by atoms with E-state index in [1.54, 1.807) is 7.11 Å². The zero-order valence-electron chi connectivity index (χ0n) is 12.0. The van der Waals surface area contributed by atoms with Crippen molar-refractivity contribution in [2.24, 2.45) is 0 Å². The highest BCUT2D eigenvalue weighted by Crippen LogP contribution is 2.29. The van der Waals surface area contributed by atoms with Gasteiger partial charge in [-0.2, -0.15) is 0 Å². The van der Waals surface area contributed by atoms with E-state index in [-0.39, 0.29) is 12.6 Å². The van der Waals surface area contributed by atoms with Crippen molar-refractivity contribution in [3.63, 3.8) is 0 Å². The van der Waals surface area contributed by atoms with Gasteiger partial charge in [-0.25, -0.2) is 0 Å². The van der Waals surface area contributed by atoms with E-state index in [0.717, 1.165) is 17.5 Å². The summed E-state index contributed by atoms with van der Waals surface area (Å²) in [5.74, 6) is 0.709. The van der Waals surface area contributed by atoms with Gasteiger partial charge in [0.1, 0.15) is 5.75 Å². The van der Waals surface area contributed by atoms with Crippen molar-refractivity contribution in [3.05, 3.63) is 29.3 Å². The molecule has 1 rings (SSSR count). The molecule has 0 fully saturated rings. The van der Waals surface area contributed by atoms with E-state index < -0.39 is 6.10 Å². The fraction of sp³-hybridized carbons (Fsp3) is 0.600. The van der Waals surface area contributed by atoms with Crippen molar-refractivity contribution in [2.45, 2.75) is 38.8 Å². The van der Waals surface area contributed by atoms with Gasteiger partial charge in [-0.05, 0) is 38.4 Å². The molecule has 0 saturated carbocycles. The molecule has 19 heavy (non-hydrogen) atoms. The fourth-order valence-corrected chi connectivity index (χ4v) is 2.15. The summed E-state index contributed by atoms with van der Waals surface area (Å²) < 4.78 is 5.31. The minimum absolute atomic E-state index is 0.0396. The molecule has 0 amide bonds. The Morgan fingerprint density at radius 3 is 2.68 bits per heavy atom. The highest BCUT2D eigenvalue weighted by Gasteiger charge is 2.21. The molecule has 2 unspecified atom stereocenters. The highest BCUT2D eigenvalue weighted by molar-refractivity contribution is 5.39. The van der Waals surface area contributed by atoms with E-state index in [2.05, 4.69) is 5.32 Å². The maximum absolute atomic E-state index is 10.5. The van der Waals surface area contributed by atoms with Crippen LogP contribution in [0.1, 0.15) is 37.0 Å². The second-order valence-corrected chi connectivity index (χ2v) is 4.74. The molecule has 0 radical (unpaired) electrons. The van der Waals surface area contributed by atoms with Gasteiger partial charge in [0, 0.05) is 18.2 Å². The smallest absolute Gasteiger partial charge is 0.124 e. The average molecular weight is 267 g/mol. The summed E-state index contributed by atoms with van der Waals surface area (Å²) in [6.45, 7) is 4.88. The molecule has 0 heterocycles. The summed E-state index contributed by atoms with van der Waals surface area (Å²) in [7, 11) is 1.61. The van der Waals surface area contributed by atoms with E-state index in [1.807, 2.05) is 32.0 Å². The molecule has 0 aromatic heterocycles. The molecule has 4 nitrogen and oxygen atoms in total. The van der Waals surface area contributed by atoms with Gasteiger partial charge in [0.25, 0.3) is 0 Å². The molecule has 0 saturated heterocycles. The minimum Gasteiger partial charge on any atom is -0.496 e. The predicted octanol–water partition coefficient (Wildman–Crippen LogP) is 1.79. The summed E-state index contributed by atoms with van der Waals surface area (Å²) in [4.78, 5) is 0. The van der Waals surface area contributed by atoms with Crippen LogP contribution in [0.3, 0.4) is 0 Å². The third kappa shape index (κ3) is 4.49. The van der Waals surface area contributed by atoms with Gasteiger partial charge in [-0.1, -0.05) is 18.6 Å². The quantitative estimate of drug-likeness (QED) is 0.628. The standard InChI is InChI=1S/C15H25NO3/c1-4-13(16-8-5-9-17)15(18)12-10-11(2)6-7-14(12)19-3/h6-7,10,13,15-18H,4-5,8-9H2,1-3H3. The maximum Gasteiger partial charge on any atom is 0.124 e. The number of aryl methyl sites for hydroxylation is 1. The van der Waals surface area contributed by atoms with Crippen LogP contribution in [0.4, 0.5) is 0 Å². The second kappa shape index (κ2) is 8.15. The minimum atomic E-state index is -0.612. The molecule has 1 aromatic carbocycles. The number of aliphatic hydroxyl groups excluding tert-OH is 2. The summed E-state index contributed by atoms with van der Waals surface area (Å²) in [5, 5.41) is 22.6. The molecular weight excluding hydrogens is 242 g/mol. The number of nitrogens with one attached hydrogen (secondary N) is 1. The summed E-state index contributed by atoms with van der Waals surface area (Å²) in [6.07, 6.45) is 0.885. The SMILES string of the molecule is CCC(NCCCO)C(O)c1cc(C)ccc1OC. The Hall–Kier alpha value is -1.10. The molecule has 1 aromatic rings. The van der Waals surface area contributed by atoms with E-state index in [1.165, 1.54) is 0 Å². The van der Waals surface area contributed by atoms with Crippen LogP contribution >= 0.6 is 0 Å². The van der Waals surface area contributed by atoms with Gasteiger partial charge in [0.2, 0.25) is 0 Å². The van der Waals surface area contributed by atoms with Gasteiger partial charge < -0.3 is 20.3 Å². The normalized spacial score (nSPS) is 14.2. The monoisotopic (exact) mass is 267 g/mol. The molecular formula is C15H25NO3. The maximum atomic E-state index is 10.5. The number of rotatable bonds is 8. The number of hydrogen-bond acceptors (Lipinski definition) is 4. The van der Waals surface area contributed by atoms with Crippen molar-refractivity contribution < 1.29 is 14.9 Å². The van der Waals surface area contributed by atoms with Crippen molar-refractivity contribution in [2.75, 3.05) is 20.3 Å². The first-order valence-electron chi connectivity index (χ1n) is 6.80. The van der Waals surface area contributed by atoms with E-state index in [4.69, 9.17) is 9.84 Å². The molecule has 2 atom stereocenters. The number of aliphatic hydroxyl groups is 2. The van der Waals surface area contributed by atoms with Gasteiger partial charge in [0.15, 0.2) is 0 Å². The average Bonchev–Trinajstić information content (AvgIpc) is 2.43. The van der Waals surface area contributed by atoms with Crippen molar-refractivity contribution in [3.8, 4) is 5.75 Å². The fourth-order valence-electron chi connectivity index (χ4n) is 2.15. The van der Waals surface area contributed by atoms with Crippen LogP contribution in [-0.2, 0) is 0 Å². The van der Waals surface area contributed by atoms with Crippen LogP contribution in [0.5, 0.6) is 5.75 Å². The lowest BCUT2D eigenvalue weighted by molar-refractivity contribution is 0.121. The molecule has 3 N–H and O–H groups in total. The molecule has 0 spiro atoms. The first kappa shape index (κ1) is 16.0. The largest absolute Gasteiger partial charge is 0.496 e. The lowest BCUT2D eigenvalue weighted by Crippen LogP contribution is -2.35. The van der Waals surface area contributed by atoms with Crippen LogP contribution in [0, 0.1) is 6.92 Å². The van der Waals surface area contributed by atoms with Crippen LogP contribution in [0.15, 0.2) is 18.2 Å². The van der Waals surface area contributed by atoms with Crippen molar-refractivity contribution in [1.82, 2.24) is 5.32 Å². The number of ether oxygens (including phenoxy) is 1. The van der Waals surface area contributed by atoms with Gasteiger partial charge in [-0.15, -0.1) is 0 Å². The van der Waals surface area contributed by atoms with Gasteiger partial charge in [-0.3, -0.25) is 0 Å². The zero-order chi connectivity index (χ0) is 14.3. The number of hydrogen-bond donors (Lipinski definition) is 3. The lowest BCUT2D eigenvalue weighted by Gasteiger charge is -2.25. The molecule has 0 aliphatic heterocycles. The number of methoxy groups -OCH3 is 1. The highest BCUT2D eigenvalue weighted by atomic mass is 16.5. The van der Waals surface area contributed by atoms with Crippen LogP contribution in [-0.4, -0.2) is 36.5 Å². The Bertz CT molecular complexity index is 382. The summed E-state index contributed by atoms with van der Waals surface area (Å²) >= 11 is 0. The molecule has 4 heteroatoms. The Morgan fingerprint density at radius 2 is 2.11 bits per heavy atom. The first-order chi connectivity index (χ1) is 9.13.